The first-order valence-corrected chi connectivity index (χ1v) is 10.1. The summed E-state index contributed by atoms with van der Waals surface area (Å²) in [6.07, 6.45) is 1.58. The van der Waals surface area contributed by atoms with E-state index in [1.807, 2.05) is 24.3 Å². The zero-order valence-corrected chi connectivity index (χ0v) is 16.6. The third kappa shape index (κ3) is 3.27. The summed E-state index contributed by atoms with van der Waals surface area (Å²) in [6, 6.07) is 11.4. The molecule has 150 valence electrons. The van der Waals surface area contributed by atoms with Crippen LogP contribution in [-0.2, 0) is 4.74 Å². The number of fused-ring (bicyclic) bond motifs is 1. The predicted octanol–water partition coefficient (Wildman–Crippen LogP) is 3.19. The number of furan rings is 1. The Morgan fingerprint density at radius 1 is 1.21 bits per heavy atom. The molecule has 0 amide bonds. The van der Waals surface area contributed by atoms with Crippen molar-refractivity contribution in [3.05, 3.63) is 53.1 Å². The Labute approximate surface area is 170 Å². The molecule has 1 N–H and O–H groups in total. The van der Waals surface area contributed by atoms with Gasteiger partial charge in [0.15, 0.2) is 5.76 Å². The molecule has 0 aliphatic carbocycles. The fourth-order valence-corrected chi connectivity index (χ4v) is 4.73. The van der Waals surface area contributed by atoms with Gasteiger partial charge in [0.1, 0.15) is 5.75 Å². The summed E-state index contributed by atoms with van der Waals surface area (Å²) in [7, 11) is 1.65. The van der Waals surface area contributed by atoms with Crippen LogP contribution in [0.1, 0.15) is 16.5 Å². The second-order valence-corrected chi connectivity index (χ2v) is 7.73. The monoisotopic (exact) mass is 412 g/mol. The summed E-state index contributed by atoms with van der Waals surface area (Å²) >= 11 is 1.43. The SMILES string of the molecule is COc1cccc([C@@H](c2sc3nc(-c4ccco4)nn3c2O)N2CCOCC2)c1. The van der Waals surface area contributed by atoms with Gasteiger partial charge in [0.05, 0.1) is 37.5 Å². The molecule has 4 aromatic rings. The molecule has 0 saturated carbocycles. The van der Waals surface area contributed by atoms with Crippen molar-refractivity contribution < 1.29 is 19.0 Å². The first-order chi connectivity index (χ1) is 14.2. The van der Waals surface area contributed by atoms with Gasteiger partial charge < -0.3 is 19.0 Å². The van der Waals surface area contributed by atoms with E-state index in [1.165, 1.54) is 15.9 Å². The van der Waals surface area contributed by atoms with Gasteiger partial charge in [0.2, 0.25) is 16.7 Å². The van der Waals surface area contributed by atoms with Crippen molar-refractivity contribution in [2.45, 2.75) is 6.04 Å². The Morgan fingerprint density at radius 3 is 2.79 bits per heavy atom. The normalized spacial score (nSPS) is 16.3. The number of benzene rings is 1. The molecule has 1 aliphatic heterocycles. The molecule has 8 nitrogen and oxygen atoms in total. The number of morpholine rings is 1. The van der Waals surface area contributed by atoms with Crippen LogP contribution in [0.4, 0.5) is 0 Å². The lowest BCUT2D eigenvalue weighted by molar-refractivity contribution is 0.0241. The second kappa shape index (κ2) is 7.51. The molecule has 1 atom stereocenters. The van der Waals surface area contributed by atoms with Crippen LogP contribution in [0.3, 0.4) is 0 Å². The van der Waals surface area contributed by atoms with Gasteiger partial charge in [-0.15, -0.1) is 5.10 Å². The number of nitrogens with zero attached hydrogens (tertiary/aromatic N) is 4. The average Bonchev–Trinajstić information content (AvgIpc) is 3.48. The number of rotatable bonds is 5. The number of ether oxygens (including phenoxy) is 2. The quantitative estimate of drug-likeness (QED) is 0.539. The van der Waals surface area contributed by atoms with Gasteiger partial charge in [-0.1, -0.05) is 23.5 Å². The molecule has 0 bridgehead atoms. The van der Waals surface area contributed by atoms with E-state index < -0.39 is 0 Å². The van der Waals surface area contributed by atoms with E-state index >= 15 is 0 Å². The Bertz CT molecular complexity index is 1120. The molecule has 4 heterocycles. The smallest absolute Gasteiger partial charge is 0.230 e. The minimum atomic E-state index is -0.144. The maximum absolute atomic E-state index is 11.0. The third-order valence-electron chi connectivity index (χ3n) is 5.01. The van der Waals surface area contributed by atoms with Crippen LogP contribution in [-0.4, -0.2) is 58.0 Å². The lowest BCUT2D eigenvalue weighted by atomic mass is 10.0. The molecule has 0 radical (unpaired) electrons. The lowest BCUT2D eigenvalue weighted by Gasteiger charge is -2.34. The van der Waals surface area contributed by atoms with Crippen LogP contribution in [0.15, 0.2) is 47.1 Å². The van der Waals surface area contributed by atoms with Crippen LogP contribution < -0.4 is 4.74 Å². The van der Waals surface area contributed by atoms with E-state index in [-0.39, 0.29) is 11.9 Å². The molecule has 1 aromatic carbocycles. The number of methoxy groups -OCH3 is 1. The number of thiazole rings is 1. The Morgan fingerprint density at radius 2 is 2.07 bits per heavy atom. The Balaban J connectivity index is 1.60. The third-order valence-corrected chi connectivity index (χ3v) is 6.08. The van der Waals surface area contributed by atoms with Crippen LogP contribution in [0, 0.1) is 0 Å². The lowest BCUT2D eigenvalue weighted by Crippen LogP contribution is -2.39. The molecule has 0 unspecified atom stereocenters. The highest BCUT2D eigenvalue weighted by Gasteiger charge is 2.31. The van der Waals surface area contributed by atoms with Crippen molar-refractivity contribution in [2.24, 2.45) is 0 Å². The molecule has 3 aromatic heterocycles. The van der Waals surface area contributed by atoms with Crippen molar-refractivity contribution in [3.8, 4) is 23.2 Å². The molecular weight excluding hydrogens is 392 g/mol. The average molecular weight is 412 g/mol. The van der Waals surface area contributed by atoms with Gasteiger partial charge >= 0.3 is 0 Å². The van der Waals surface area contributed by atoms with E-state index in [0.29, 0.717) is 29.8 Å². The molecule has 5 rings (SSSR count). The van der Waals surface area contributed by atoms with Crippen molar-refractivity contribution in [1.82, 2.24) is 19.5 Å². The summed E-state index contributed by atoms with van der Waals surface area (Å²) in [5.74, 6) is 1.89. The fraction of sp³-hybridized carbons (Fsp3) is 0.300. The highest BCUT2D eigenvalue weighted by atomic mass is 32.1. The minimum absolute atomic E-state index is 0.0922. The second-order valence-electron chi connectivity index (χ2n) is 6.72. The number of hydrogen-bond acceptors (Lipinski definition) is 8. The Hall–Kier alpha value is -2.88. The number of hydrogen-bond donors (Lipinski definition) is 1. The van der Waals surface area contributed by atoms with Gasteiger partial charge in [0.25, 0.3) is 0 Å². The largest absolute Gasteiger partial charge is 0.497 e. The maximum atomic E-state index is 11.0. The van der Waals surface area contributed by atoms with Crippen molar-refractivity contribution in [2.75, 3.05) is 33.4 Å². The highest BCUT2D eigenvalue weighted by Crippen LogP contribution is 2.41. The zero-order valence-electron chi connectivity index (χ0n) is 15.8. The van der Waals surface area contributed by atoms with E-state index in [2.05, 4.69) is 15.0 Å². The number of aromatic hydroxyl groups is 1. The Kier molecular flexibility index (Phi) is 4.70. The number of aromatic nitrogens is 3. The standard InChI is InChI=1S/C20H20N4O4S/c1-26-14-5-2-4-13(12-14)16(23-7-10-27-11-8-23)17-19(25)24-20(29-17)21-18(22-24)15-6-3-9-28-15/h2-6,9,12,16,25H,7-8,10-11H2,1H3/t16-/m0/s1. The van der Waals surface area contributed by atoms with Gasteiger partial charge in [-0.05, 0) is 29.8 Å². The maximum Gasteiger partial charge on any atom is 0.230 e. The van der Waals surface area contributed by atoms with Gasteiger partial charge in [0, 0.05) is 13.1 Å². The van der Waals surface area contributed by atoms with E-state index in [4.69, 9.17) is 13.9 Å². The molecule has 1 saturated heterocycles. The van der Waals surface area contributed by atoms with Gasteiger partial charge in [-0.3, -0.25) is 4.90 Å². The summed E-state index contributed by atoms with van der Waals surface area (Å²) in [6.45, 7) is 2.86. The molecule has 29 heavy (non-hydrogen) atoms. The van der Waals surface area contributed by atoms with E-state index in [9.17, 15) is 5.11 Å². The van der Waals surface area contributed by atoms with Crippen molar-refractivity contribution in [1.29, 1.82) is 0 Å². The molecule has 1 fully saturated rings. The van der Waals surface area contributed by atoms with Crippen LogP contribution in [0.2, 0.25) is 0 Å². The first-order valence-electron chi connectivity index (χ1n) is 9.32. The zero-order chi connectivity index (χ0) is 19.8. The summed E-state index contributed by atoms with van der Waals surface area (Å²) < 4.78 is 17.8. The van der Waals surface area contributed by atoms with Crippen LogP contribution in [0.5, 0.6) is 11.6 Å². The van der Waals surface area contributed by atoms with Gasteiger partial charge in [-0.2, -0.15) is 9.50 Å². The molecule has 1 aliphatic rings. The minimum Gasteiger partial charge on any atom is -0.497 e. The summed E-state index contributed by atoms with van der Waals surface area (Å²) in [5.41, 5.74) is 1.04. The topological polar surface area (TPSA) is 85.3 Å². The van der Waals surface area contributed by atoms with Gasteiger partial charge in [-0.25, -0.2) is 0 Å². The van der Waals surface area contributed by atoms with Crippen LogP contribution in [0.25, 0.3) is 16.5 Å². The highest BCUT2D eigenvalue weighted by molar-refractivity contribution is 7.17. The first kappa shape index (κ1) is 18.2. The fourth-order valence-electron chi connectivity index (χ4n) is 3.61. The summed E-state index contributed by atoms with van der Waals surface area (Å²) in [5, 5.41) is 15.5. The summed E-state index contributed by atoms with van der Waals surface area (Å²) in [4.78, 5) is 8.25. The van der Waals surface area contributed by atoms with E-state index in [0.717, 1.165) is 29.3 Å². The predicted molar refractivity (Wildman–Crippen MR) is 107 cm³/mol. The van der Waals surface area contributed by atoms with Crippen molar-refractivity contribution >= 4 is 16.3 Å². The molecule has 0 spiro atoms. The molecular formula is C20H20N4O4S. The van der Waals surface area contributed by atoms with Crippen LogP contribution >= 0.6 is 11.3 Å². The van der Waals surface area contributed by atoms with Crippen molar-refractivity contribution in [3.63, 3.8) is 0 Å². The molecule has 9 heteroatoms. The van der Waals surface area contributed by atoms with E-state index in [1.54, 1.807) is 25.5 Å².